The minimum absolute atomic E-state index is 0.00858. The second kappa shape index (κ2) is 9.74. The quantitative estimate of drug-likeness (QED) is 0.474. The lowest BCUT2D eigenvalue weighted by Gasteiger charge is -2.30. The van der Waals surface area contributed by atoms with Crippen molar-refractivity contribution in [2.75, 3.05) is 18.4 Å². The fourth-order valence-corrected chi connectivity index (χ4v) is 4.36. The molecule has 3 heterocycles. The van der Waals surface area contributed by atoms with Gasteiger partial charge in [0.25, 0.3) is 0 Å². The van der Waals surface area contributed by atoms with E-state index in [1.54, 1.807) is 31.9 Å². The van der Waals surface area contributed by atoms with Crippen LogP contribution in [0.5, 0.6) is 0 Å². The Morgan fingerprint density at radius 2 is 1.97 bits per heavy atom. The maximum atomic E-state index is 15.3. The molecule has 1 aliphatic heterocycles. The number of amides is 1. The fourth-order valence-electron chi connectivity index (χ4n) is 4.36. The molecule has 2 N–H and O–H groups in total. The average molecular weight is 514 g/mol. The highest BCUT2D eigenvalue weighted by atomic mass is 19.3. The molecular formula is C27H30F3N5O2. The largest absolute Gasteiger partial charge is 0.384 e. The van der Waals surface area contributed by atoms with Crippen LogP contribution in [-0.2, 0) is 10.7 Å². The molecule has 4 rings (SSSR count). The Morgan fingerprint density at radius 3 is 2.59 bits per heavy atom. The number of aromatic nitrogens is 3. The standard InChI is InChI=1S/C27H30F3N5O2/c1-15(20-7-6-8-22(23(20)28)27(29,30)26(4,5)37)32-25-21-13-19(14-31-24(21)33-16(2)34-25)18-9-11-35(12-10-18)17(3)36/h6-9,13-15,37H,10-12H2,1-5H3,(H,31,32,33,34). The van der Waals surface area contributed by atoms with E-state index >= 15 is 4.39 Å². The van der Waals surface area contributed by atoms with Gasteiger partial charge >= 0.3 is 5.92 Å². The normalized spacial score (nSPS) is 15.5. The van der Waals surface area contributed by atoms with Crippen molar-refractivity contribution < 1.29 is 23.1 Å². The summed E-state index contributed by atoms with van der Waals surface area (Å²) in [4.78, 5) is 26.8. The summed E-state index contributed by atoms with van der Waals surface area (Å²) in [7, 11) is 0. The van der Waals surface area contributed by atoms with Crippen molar-refractivity contribution in [3.05, 3.63) is 64.9 Å². The lowest BCUT2D eigenvalue weighted by molar-refractivity contribution is -0.170. The zero-order chi connectivity index (χ0) is 27.1. The van der Waals surface area contributed by atoms with Gasteiger partial charge in [0.15, 0.2) is 5.65 Å². The second-order valence-electron chi connectivity index (χ2n) is 9.87. The highest BCUT2D eigenvalue weighted by molar-refractivity contribution is 5.89. The van der Waals surface area contributed by atoms with Crippen LogP contribution in [0.25, 0.3) is 16.6 Å². The van der Waals surface area contributed by atoms with Gasteiger partial charge in [0.1, 0.15) is 23.1 Å². The lowest BCUT2D eigenvalue weighted by Crippen LogP contribution is -2.41. The summed E-state index contributed by atoms with van der Waals surface area (Å²) in [5.41, 5.74) is -0.969. The molecule has 0 saturated carbocycles. The summed E-state index contributed by atoms with van der Waals surface area (Å²) in [6.45, 7) is 7.90. The number of carbonyl (C=O) groups excluding carboxylic acids is 1. The molecular weight excluding hydrogens is 483 g/mol. The monoisotopic (exact) mass is 513 g/mol. The molecule has 7 nitrogen and oxygen atoms in total. The van der Waals surface area contributed by atoms with E-state index in [1.807, 2.05) is 12.1 Å². The molecule has 0 spiro atoms. The van der Waals surface area contributed by atoms with E-state index in [-0.39, 0.29) is 11.5 Å². The minimum Gasteiger partial charge on any atom is -0.384 e. The van der Waals surface area contributed by atoms with Crippen LogP contribution in [0.4, 0.5) is 19.0 Å². The first kappa shape index (κ1) is 26.5. The first-order chi connectivity index (χ1) is 17.3. The first-order valence-electron chi connectivity index (χ1n) is 12.0. The van der Waals surface area contributed by atoms with Crippen LogP contribution in [0.3, 0.4) is 0 Å². The number of fused-ring (bicyclic) bond motifs is 1. The number of alkyl halides is 2. The maximum Gasteiger partial charge on any atom is 0.303 e. The number of pyridine rings is 1. The molecule has 196 valence electrons. The third-order valence-electron chi connectivity index (χ3n) is 6.64. The van der Waals surface area contributed by atoms with E-state index < -0.39 is 28.9 Å². The molecule has 0 bridgehead atoms. The molecule has 37 heavy (non-hydrogen) atoms. The van der Waals surface area contributed by atoms with Gasteiger partial charge < -0.3 is 15.3 Å². The van der Waals surface area contributed by atoms with Crippen LogP contribution < -0.4 is 5.32 Å². The van der Waals surface area contributed by atoms with E-state index in [0.29, 0.717) is 42.2 Å². The van der Waals surface area contributed by atoms with E-state index in [0.717, 1.165) is 31.1 Å². The highest BCUT2D eigenvalue weighted by Crippen LogP contribution is 2.41. The average Bonchev–Trinajstić information content (AvgIpc) is 2.83. The summed E-state index contributed by atoms with van der Waals surface area (Å²) in [5.74, 6) is -4.03. The topological polar surface area (TPSA) is 91.2 Å². The molecule has 0 fully saturated rings. The van der Waals surface area contributed by atoms with Gasteiger partial charge in [-0.3, -0.25) is 4.79 Å². The molecule has 3 aromatic rings. The number of halogens is 3. The number of nitrogens with zero attached hydrogens (tertiary/aromatic N) is 4. The fraction of sp³-hybridized carbons (Fsp3) is 0.407. The number of rotatable bonds is 6. The van der Waals surface area contributed by atoms with Gasteiger partial charge in [-0.25, -0.2) is 19.3 Å². The van der Waals surface area contributed by atoms with Crippen molar-refractivity contribution in [2.45, 2.75) is 58.6 Å². The van der Waals surface area contributed by atoms with E-state index in [1.165, 1.54) is 12.1 Å². The summed E-state index contributed by atoms with van der Waals surface area (Å²) < 4.78 is 44.9. The minimum atomic E-state index is -3.80. The Morgan fingerprint density at radius 1 is 1.24 bits per heavy atom. The number of hydrogen-bond donors (Lipinski definition) is 2. The number of aliphatic hydroxyl groups is 1. The summed E-state index contributed by atoms with van der Waals surface area (Å²) in [5, 5.41) is 13.7. The van der Waals surface area contributed by atoms with Crippen LogP contribution in [0.1, 0.15) is 62.7 Å². The molecule has 2 aromatic heterocycles. The van der Waals surface area contributed by atoms with Gasteiger partial charge in [-0.2, -0.15) is 8.78 Å². The van der Waals surface area contributed by atoms with Gasteiger partial charge in [-0.1, -0.05) is 18.2 Å². The van der Waals surface area contributed by atoms with Crippen molar-refractivity contribution in [2.24, 2.45) is 0 Å². The summed E-state index contributed by atoms with van der Waals surface area (Å²) in [6, 6.07) is 4.90. The Labute approximate surface area is 213 Å². The Hall–Kier alpha value is -3.53. The number of aryl methyl sites for hydroxylation is 1. The first-order valence-corrected chi connectivity index (χ1v) is 12.0. The van der Waals surface area contributed by atoms with Crippen molar-refractivity contribution in [3.63, 3.8) is 0 Å². The van der Waals surface area contributed by atoms with Crippen molar-refractivity contribution in [3.8, 4) is 0 Å². The van der Waals surface area contributed by atoms with E-state index in [2.05, 4.69) is 20.3 Å². The molecule has 1 aromatic carbocycles. The van der Waals surface area contributed by atoms with Crippen LogP contribution in [0, 0.1) is 12.7 Å². The molecule has 0 aliphatic carbocycles. The SMILES string of the molecule is CC(=O)N1CC=C(c2cnc3nc(C)nc(NC(C)c4cccc(C(F)(F)C(C)(C)O)c4F)c3c2)CC1. The van der Waals surface area contributed by atoms with Crippen molar-refractivity contribution >= 4 is 28.3 Å². The zero-order valence-electron chi connectivity index (χ0n) is 21.4. The molecule has 1 amide bonds. The zero-order valence-corrected chi connectivity index (χ0v) is 21.4. The lowest BCUT2D eigenvalue weighted by atomic mass is 9.91. The van der Waals surface area contributed by atoms with Crippen molar-refractivity contribution in [1.82, 2.24) is 19.9 Å². The molecule has 10 heteroatoms. The Balaban J connectivity index is 1.70. The number of carbonyl (C=O) groups is 1. The van der Waals surface area contributed by atoms with Gasteiger partial charge in [0.05, 0.1) is 17.0 Å². The van der Waals surface area contributed by atoms with Crippen molar-refractivity contribution in [1.29, 1.82) is 0 Å². The van der Waals surface area contributed by atoms with Gasteiger partial charge in [-0.05, 0) is 57.4 Å². The maximum absolute atomic E-state index is 15.3. The number of benzene rings is 1. The number of hydrogen-bond acceptors (Lipinski definition) is 6. The summed E-state index contributed by atoms with van der Waals surface area (Å²) >= 11 is 0. The summed E-state index contributed by atoms with van der Waals surface area (Å²) in [6.07, 6.45) is 4.38. The smallest absolute Gasteiger partial charge is 0.303 e. The third-order valence-corrected chi connectivity index (χ3v) is 6.64. The van der Waals surface area contributed by atoms with Crippen LogP contribution in [0.15, 0.2) is 36.5 Å². The third kappa shape index (κ3) is 5.16. The second-order valence-corrected chi connectivity index (χ2v) is 9.87. The van der Waals surface area contributed by atoms with Crippen LogP contribution in [-0.4, -0.2) is 49.6 Å². The predicted octanol–water partition coefficient (Wildman–Crippen LogP) is 5.14. The van der Waals surface area contributed by atoms with E-state index in [9.17, 15) is 18.7 Å². The molecule has 1 unspecified atom stereocenters. The molecule has 1 atom stereocenters. The Bertz CT molecular complexity index is 1380. The predicted molar refractivity (Wildman–Crippen MR) is 136 cm³/mol. The van der Waals surface area contributed by atoms with E-state index in [4.69, 9.17) is 0 Å². The highest BCUT2D eigenvalue weighted by Gasteiger charge is 2.49. The van der Waals surface area contributed by atoms with Crippen LogP contribution in [0.2, 0.25) is 0 Å². The molecule has 1 aliphatic rings. The Kier molecular flexibility index (Phi) is 6.98. The molecule has 0 saturated heterocycles. The number of nitrogens with one attached hydrogen (secondary N) is 1. The van der Waals surface area contributed by atoms with Gasteiger partial charge in [0, 0.05) is 31.8 Å². The van der Waals surface area contributed by atoms with Gasteiger partial charge in [0.2, 0.25) is 5.91 Å². The number of anilines is 1. The molecule has 0 radical (unpaired) electrons. The van der Waals surface area contributed by atoms with Gasteiger partial charge in [-0.15, -0.1) is 0 Å². The van der Waals surface area contributed by atoms with Crippen LogP contribution >= 0.6 is 0 Å².